The summed E-state index contributed by atoms with van der Waals surface area (Å²) in [5, 5.41) is 0. The van der Waals surface area contributed by atoms with E-state index >= 15 is 0 Å². The molecule has 1 heteroatoms. The van der Waals surface area contributed by atoms with Crippen LogP contribution in [0.5, 0.6) is 0 Å². The molecule has 3 atom stereocenters. The minimum atomic E-state index is 1.00. The number of rotatable bonds is 0. The Morgan fingerprint density at radius 3 is 2.83 bits per heavy atom. The van der Waals surface area contributed by atoms with Crippen molar-refractivity contribution in [1.82, 2.24) is 4.90 Å². The van der Waals surface area contributed by atoms with Crippen molar-refractivity contribution in [1.29, 1.82) is 0 Å². The van der Waals surface area contributed by atoms with Crippen LogP contribution in [-0.4, -0.2) is 24.0 Å². The summed E-state index contributed by atoms with van der Waals surface area (Å²) >= 11 is 0. The summed E-state index contributed by atoms with van der Waals surface area (Å²) in [5.41, 5.74) is 0. The van der Waals surface area contributed by atoms with Gasteiger partial charge in [-0.2, -0.15) is 0 Å². The first-order chi connectivity index (χ1) is 5.92. The molecule has 0 radical (unpaired) electrons. The minimum Gasteiger partial charge on any atom is -0.300 e. The van der Waals surface area contributed by atoms with E-state index in [9.17, 15) is 0 Å². The molecule has 1 nitrogen and oxygen atoms in total. The largest absolute Gasteiger partial charge is 0.300 e. The second-order valence-electron chi connectivity index (χ2n) is 5.07. The Balaban J connectivity index is 1.78. The maximum atomic E-state index is 2.78. The van der Waals surface area contributed by atoms with Gasteiger partial charge in [0, 0.05) is 12.6 Å². The normalized spacial score (nSPS) is 47.5. The molecule has 12 heavy (non-hydrogen) atoms. The molecular weight excluding hydrogens is 146 g/mol. The van der Waals surface area contributed by atoms with Crippen molar-refractivity contribution in [3.05, 3.63) is 0 Å². The van der Waals surface area contributed by atoms with Crippen molar-refractivity contribution in [3.8, 4) is 0 Å². The van der Waals surface area contributed by atoms with Gasteiger partial charge in [0.25, 0.3) is 0 Å². The van der Waals surface area contributed by atoms with Crippen LogP contribution in [0, 0.1) is 11.8 Å². The van der Waals surface area contributed by atoms with E-state index in [-0.39, 0.29) is 0 Å². The number of hydrogen-bond donors (Lipinski definition) is 0. The quantitative estimate of drug-likeness (QED) is 0.532. The zero-order valence-corrected chi connectivity index (χ0v) is 7.84. The monoisotopic (exact) mass is 165 g/mol. The highest BCUT2D eigenvalue weighted by molar-refractivity contribution is 4.90. The summed E-state index contributed by atoms with van der Waals surface area (Å²) < 4.78 is 0. The van der Waals surface area contributed by atoms with Gasteiger partial charge in [-0.15, -0.1) is 0 Å². The van der Waals surface area contributed by atoms with Crippen LogP contribution in [0.2, 0.25) is 0 Å². The Morgan fingerprint density at radius 1 is 0.917 bits per heavy atom. The fourth-order valence-corrected chi connectivity index (χ4v) is 3.68. The average Bonchev–Trinajstić information content (AvgIpc) is 2.59. The number of fused-ring (bicyclic) bond motifs is 3. The Hall–Kier alpha value is -0.0400. The SMILES string of the molecule is C1CC2CC3CCC(C3)CN2C1. The molecule has 0 aromatic rings. The van der Waals surface area contributed by atoms with Crippen LogP contribution >= 0.6 is 0 Å². The first-order valence-electron chi connectivity index (χ1n) is 5.66. The van der Waals surface area contributed by atoms with E-state index in [4.69, 9.17) is 0 Å². The van der Waals surface area contributed by atoms with Crippen molar-refractivity contribution >= 4 is 0 Å². The lowest BCUT2D eigenvalue weighted by Crippen LogP contribution is -2.32. The van der Waals surface area contributed by atoms with Crippen molar-refractivity contribution in [2.45, 2.75) is 44.6 Å². The summed E-state index contributed by atoms with van der Waals surface area (Å²) in [6.45, 7) is 2.86. The minimum absolute atomic E-state index is 1.00. The molecule has 2 saturated heterocycles. The highest BCUT2D eigenvalue weighted by Crippen LogP contribution is 2.41. The van der Waals surface area contributed by atoms with E-state index in [1.54, 1.807) is 12.8 Å². The van der Waals surface area contributed by atoms with Crippen molar-refractivity contribution in [3.63, 3.8) is 0 Å². The van der Waals surface area contributed by atoms with Crippen LogP contribution in [-0.2, 0) is 0 Å². The average molecular weight is 165 g/mol. The van der Waals surface area contributed by atoms with E-state index in [1.807, 2.05) is 0 Å². The molecule has 2 bridgehead atoms. The maximum absolute atomic E-state index is 2.78. The van der Waals surface area contributed by atoms with E-state index in [0.29, 0.717) is 0 Å². The van der Waals surface area contributed by atoms with Crippen LogP contribution in [0.4, 0.5) is 0 Å². The van der Waals surface area contributed by atoms with Gasteiger partial charge in [-0.1, -0.05) is 6.42 Å². The maximum Gasteiger partial charge on any atom is 0.00984 e. The van der Waals surface area contributed by atoms with Crippen LogP contribution in [0.15, 0.2) is 0 Å². The van der Waals surface area contributed by atoms with Gasteiger partial charge in [0.1, 0.15) is 0 Å². The summed E-state index contributed by atoms with van der Waals surface area (Å²) in [6.07, 6.45) is 9.17. The predicted molar refractivity (Wildman–Crippen MR) is 50.0 cm³/mol. The Labute approximate surface area is 75.1 Å². The highest BCUT2D eigenvalue weighted by atomic mass is 15.2. The third-order valence-corrected chi connectivity index (χ3v) is 4.25. The molecule has 3 fully saturated rings. The third kappa shape index (κ3) is 1.10. The molecule has 1 saturated carbocycles. The van der Waals surface area contributed by atoms with Crippen LogP contribution in [0.1, 0.15) is 38.5 Å². The molecule has 0 spiro atoms. The van der Waals surface area contributed by atoms with Crippen LogP contribution < -0.4 is 0 Å². The van der Waals surface area contributed by atoms with Gasteiger partial charge < -0.3 is 4.90 Å². The van der Waals surface area contributed by atoms with Gasteiger partial charge in [0.05, 0.1) is 0 Å². The molecule has 1 aliphatic carbocycles. The third-order valence-electron chi connectivity index (χ3n) is 4.25. The van der Waals surface area contributed by atoms with Gasteiger partial charge >= 0.3 is 0 Å². The summed E-state index contributed by atoms with van der Waals surface area (Å²) in [7, 11) is 0. The van der Waals surface area contributed by atoms with E-state index in [1.165, 1.54) is 38.8 Å². The first-order valence-corrected chi connectivity index (χ1v) is 5.66. The summed E-state index contributed by atoms with van der Waals surface area (Å²) in [5.74, 6) is 2.20. The highest BCUT2D eigenvalue weighted by Gasteiger charge is 2.36. The number of nitrogens with zero attached hydrogens (tertiary/aromatic N) is 1. The lowest BCUT2D eigenvalue weighted by molar-refractivity contribution is 0.212. The Morgan fingerprint density at radius 2 is 1.83 bits per heavy atom. The van der Waals surface area contributed by atoms with Crippen molar-refractivity contribution in [2.75, 3.05) is 13.1 Å². The van der Waals surface area contributed by atoms with Gasteiger partial charge in [-0.3, -0.25) is 0 Å². The lowest BCUT2D eigenvalue weighted by Gasteiger charge is -2.26. The van der Waals surface area contributed by atoms with Crippen LogP contribution in [0.25, 0.3) is 0 Å². The predicted octanol–water partition coefficient (Wildman–Crippen LogP) is 2.27. The fraction of sp³-hybridized carbons (Fsp3) is 1.00. The molecule has 3 unspecified atom stereocenters. The number of hydrogen-bond acceptors (Lipinski definition) is 1. The lowest BCUT2D eigenvalue weighted by atomic mass is 9.98. The Bertz CT molecular complexity index is 160. The van der Waals surface area contributed by atoms with Crippen molar-refractivity contribution < 1.29 is 0 Å². The molecule has 3 aliphatic rings. The van der Waals surface area contributed by atoms with Gasteiger partial charge in [-0.25, -0.2) is 0 Å². The fourth-order valence-electron chi connectivity index (χ4n) is 3.68. The summed E-state index contributed by atoms with van der Waals surface area (Å²) in [6, 6.07) is 1.00. The molecular formula is C11H19N. The molecule has 2 aliphatic heterocycles. The van der Waals surface area contributed by atoms with E-state index < -0.39 is 0 Å². The first kappa shape index (κ1) is 7.37. The molecule has 3 rings (SSSR count). The molecule has 0 aromatic heterocycles. The van der Waals surface area contributed by atoms with Crippen molar-refractivity contribution in [2.24, 2.45) is 11.8 Å². The smallest absolute Gasteiger partial charge is 0.00984 e. The zero-order valence-electron chi connectivity index (χ0n) is 7.84. The Kier molecular flexibility index (Phi) is 1.68. The molecule has 0 aromatic carbocycles. The summed E-state index contributed by atoms with van der Waals surface area (Å²) in [4.78, 5) is 2.78. The molecule has 2 heterocycles. The molecule has 0 amide bonds. The van der Waals surface area contributed by atoms with Crippen LogP contribution in [0.3, 0.4) is 0 Å². The van der Waals surface area contributed by atoms with E-state index in [2.05, 4.69) is 4.90 Å². The van der Waals surface area contributed by atoms with E-state index in [0.717, 1.165) is 17.9 Å². The molecule has 0 N–H and O–H groups in total. The zero-order chi connectivity index (χ0) is 7.97. The van der Waals surface area contributed by atoms with Gasteiger partial charge in [-0.05, 0) is 50.5 Å². The van der Waals surface area contributed by atoms with Gasteiger partial charge in [0.15, 0.2) is 0 Å². The standard InChI is InChI=1S/C11H19N/c1-2-11-7-9-3-4-10(6-9)8-12(11)5-1/h9-11H,1-8H2. The van der Waals surface area contributed by atoms with Gasteiger partial charge in [0.2, 0.25) is 0 Å². The second-order valence-corrected chi connectivity index (χ2v) is 5.07. The second kappa shape index (κ2) is 2.73. The topological polar surface area (TPSA) is 3.24 Å². The molecule has 68 valence electrons.